The zero-order chi connectivity index (χ0) is 24.5. The van der Waals surface area contributed by atoms with Crippen LogP contribution < -0.4 is 10.1 Å². The normalized spacial score (nSPS) is 12.2. The second-order valence-electron chi connectivity index (χ2n) is 8.52. The fourth-order valence-corrected chi connectivity index (χ4v) is 6.81. The lowest BCUT2D eigenvalue weighted by atomic mass is 10.1. The molecule has 0 atom stereocenters. The maximum Gasteiger partial charge on any atom is 0.264 e. The van der Waals surface area contributed by atoms with Crippen molar-refractivity contribution in [3.05, 3.63) is 60.7 Å². The molecule has 1 aromatic heterocycles. The molecule has 0 aliphatic rings. The summed E-state index contributed by atoms with van der Waals surface area (Å²) < 4.78 is 34.1. The van der Waals surface area contributed by atoms with Gasteiger partial charge in [0.2, 0.25) is 10.0 Å². The molecule has 0 bridgehead atoms. The number of aromatic nitrogens is 1. The largest absolute Gasteiger partial charge is 0.484 e. The van der Waals surface area contributed by atoms with E-state index in [9.17, 15) is 13.2 Å². The van der Waals surface area contributed by atoms with Gasteiger partial charge in [0.25, 0.3) is 5.91 Å². The first-order valence-corrected chi connectivity index (χ1v) is 13.3. The zero-order valence-corrected chi connectivity index (χ0v) is 21.1. The minimum Gasteiger partial charge on any atom is -0.484 e. The lowest BCUT2D eigenvalue weighted by Crippen LogP contribution is -2.41. The number of carbonyl (C=O) groups excluding carboxylic acids is 1. The van der Waals surface area contributed by atoms with Gasteiger partial charge in [-0.15, -0.1) is 0 Å². The molecule has 0 aliphatic heterocycles. The van der Waals surface area contributed by atoms with Crippen LogP contribution in [0.2, 0.25) is 0 Å². The predicted octanol–water partition coefficient (Wildman–Crippen LogP) is 5.27. The Hall–Kier alpha value is -3.01. The molecule has 0 saturated carbocycles. The van der Waals surface area contributed by atoms with Crippen molar-refractivity contribution in [2.45, 2.75) is 44.7 Å². The number of thiazole rings is 1. The molecular weight excluding hydrogens is 470 g/mol. The zero-order valence-electron chi connectivity index (χ0n) is 19.5. The Bertz CT molecular complexity index is 1440. The third-order valence-corrected chi connectivity index (χ3v) is 8.47. The number of fused-ring (bicyclic) bond motifs is 2. The summed E-state index contributed by atoms with van der Waals surface area (Å²) in [6.45, 7) is 7.27. The average Bonchev–Trinajstić information content (AvgIpc) is 3.18. The summed E-state index contributed by atoms with van der Waals surface area (Å²) in [4.78, 5) is 17.0. The van der Waals surface area contributed by atoms with E-state index in [4.69, 9.17) is 4.74 Å². The van der Waals surface area contributed by atoms with Crippen LogP contribution in [0.1, 0.15) is 27.7 Å². The van der Waals surface area contributed by atoms with Crippen LogP contribution in [0.5, 0.6) is 5.75 Å². The number of anilines is 1. The molecule has 9 heteroatoms. The van der Waals surface area contributed by atoms with E-state index in [1.807, 2.05) is 70.2 Å². The second-order valence-corrected chi connectivity index (χ2v) is 11.4. The van der Waals surface area contributed by atoms with Gasteiger partial charge in [-0.2, -0.15) is 4.31 Å². The molecule has 4 rings (SSSR count). The molecule has 0 spiro atoms. The maximum atomic E-state index is 13.2. The third-order valence-electron chi connectivity index (χ3n) is 5.29. The van der Waals surface area contributed by atoms with Gasteiger partial charge in [-0.1, -0.05) is 41.7 Å². The van der Waals surface area contributed by atoms with Crippen LogP contribution in [0.3, 0.4) is 0 Å². The van der Waals surface area contributed by atoms with Gasteiger partial charge in [-0.3, -0.25) is 10.1 Å². The summed E-state index contributed by atoms with van der Waals surface area (Å²) >= 11 is 1.23. The van der Waals surface area contributed by atoms with Crippen LogP contribution in [-0.2, 0) is 14.8 Å². The van der Waals surface area contributed by atoms with Gasteiger partial charge in [-0.05, 0) is 68.8 Å². The number of ether oxygens (including phenoxy) is 1. The first-order valence-electron chi connectivity index (χ1n) is 11.0. The number of carbonyl (C=O) groups is 1. The Kier molecular flexibility index (Phi) is 6.88. The lowest BCUT2D eigenvalue weighted by Gasteiger charge is -2.29. The van der Waals surface area contributed by atoms with Gasteiger partial charge in [0.15, 0.2) is 11.7 Å². The van der Waals surface area contributed by atoms with E-state index in [1.54, 1.807) is 18.2 Å². The molecule has 34 heavy (non-hydrogen) atoms. The van der Waals surface area contributed by atoms with Gasteiger partial charge >= 0.3 is 0 Å². The highest BCUT2D eigenvalue weighted by Crippen LogP contribution is 2.30. The highest BCUT2D eigenvalue weighted by atomic mass is 32.2. The van der Waals surface area contributed by atoms with E-state index < -0.39 is 10.0 Å². The Morgan fingerprint density at radius 2 is 1.71 bits per heavy atom. The number of rotatable bonds is 8. The predicted molar refractivity (Wildman–Crippen MR) is 137 cm³/mol. The number of nitrogens with zero attached hydrogens (tertiary/aromatic N) is 2. The van der Waals surface area contributed by atoms with Crippen molar-refractivity contribution < 1.29 is 17.9 Å². The summed E-state index contributed by atoms with van der Waals surface area (Å²) in [7, 11) is -3.65. The number of hydrogen-bond acceptors (Lipinski definition) is 6. The van der Waals surface area contributed by atoms with E-state index in [1.165, 1.54) is 15.6 Å². The highest BCUT2D eigenvalue weighted by Gasteiger charge is 2.29. The van der Waals surface area contributed by atoms with Crippen LogP contribution in [0.4, 0.5) is 5.13 Å². The van der Waals surface area contributed by atoms with E-state index in [-0.39, 0.29) is 29.5 Å². The molecule has 178 valence electrons. The standard InChI is InChI=1S/C25H27N3O4S2/c1-16(2)28(17(3)4)34(30,31)21-11-12-22-23(14-21)33-25(26-22)27-24(29)15-32-20-10-9-18-7-5-6-8-19(18)13-20/h5-14,16-17H,15H2,1-4H3,(H,26,27,29). The summed E-state index contributed by atoms with van der Waals surface area (Å²) in [5.74, 6) is 0.263. The van der Waals surface area contributed by atoms with Gasteiger partial charge in [0, 0.05) is 12.1 Å². The molecule has 4 aromatic rings. The van der Waals surface area contributed by atoms with E-state index in [2.05, 4.69) is 10.3 Å². The average molecular weight is 498 g/mol. The molecule has 0 radical (unpaired) electrons. The van der Waals surface area contributed by atoms with E-state index in [0.717, 1.165) is 10.8 Å². The van der Waals surface area contributed by atoms with Gasteiger partial charge in [0.1, 0.15) is 5.75 Å². The number of sulfonamides is 1. The van der Waals surface area contributed by atoms with Crippen LogP contribution in [0.25, 0.3) is 21.0 Å². The quantitative estimate of drug-likeness (QED) is 0.358. The van der Waals surface area contributed by atoms with Crippen LogP contribution in [0.15, 0.2) is 65.6 Å². The molecule has 1 amide bonds. The second kappa shape index (κ2) is 9.69. The fraction of sp³-hybridized carbons (Fsp3) is 0.280. The van der Waals surface area contributed by atoms with Crippen molar-refractivity contribution in [1.29, 1.82) is 0 Å². The summed E-state index contributed by atoms with van der Waals surface area (Å²) in [5.41, 5.74) is 0.621. The molecule has 3 aromatic carbocycles. The molecule has 0 saturated heterocycles. The minimum atomic E-state index is -3.65. The Balaban J connectivity index is 1.46. The first-order chi connectivity index (χ1) is 16.1. The molecule has 0 aliphatic carbocycles. The lowest BCUT2D eigenvalue weighted by molar-refractivity contribution is -0.118. The summed E-state index contributed by atoms with van der Waals surface area (Å²) in [6, 6.07) is 18.1. The maximum absolute atomic E-state index is 13.2. The first kappa shape index (κ1) is 24.1. The molecular formula is C25H27N3O4S2. The van der Waals surface area contributed by atoms with Gasteiger partial charge in [-0.25, -0.2) is 13.4 Å². The van der Waals surface area contributed by atoms with Gasteiger partial charge in [0.05, 0.1) is 15.1 Å². The molecule has 7 nitrogen and oxygen atoms in total. The van der Waals surface area contributed by atoms with Crippen molar-refractivity contribution >= 4 is 53.4 Å². The number of nitrogens with one attached hydrogen (secondary N) is 1. The SMILES string of the molecule is CC(C)N(C(C)C)S(=O)(=O)c1ccc2nc(NC(=O)COc3ccc4ccccc4c3)sc2c1. The Labute approximate surface area is 203 Å². The van der Waals surface area contributed by atoms with Crippen molar-refractivity contribution in [3.8, 4) is 5.75 Å². The van der Waals surface area contributed by atoms with E-state index >= 15 is 0 Å². The summed E-state index contributed by atoms with van der Waals surface area (Å²) in [6.07, 6.45) is 0. The molecule has 1 heterocycles. The molecule has 0 fully saturated rings. The van der Waals surface area contributed by atoms with E-state index in [0.29, 0.717) is 21.1 Å². The third kappa shape index (κ3) is 5.06. The fourth-order valence-electron chi connectivity index (χ4n) is 3.95. The van der Waals surface area contributed by atoms with Crippen molar-refractivity contribution in [2.75, 3.05) is 11.9 Å². The van der Waals surface area contributed by atoms with Gasteiger partial charge < -0.3 is 4.74 Å². The number of amides is 1. The topological polar surface area (TPSA) is 88.6 Å². The molecule has 1 N–H and O–H groups in total. The number of benzene rings is 3. The van der Waals surface area contributed by atoms with Crippen molar-refractivity contribution in [2.24, 2.45) is 0 Å². The van der Waals surface area contributed by atoms with Crippen molar-refractivity contribution in [3.63, 3.8) is 0 Å². The highest BCUT2D eigenvalue weighted by molar-refractivity contribution is 7.89. The Morgan fingerprint density at radius 1 is 1.00 bits per heavy atom. The van der Waals surface area contributed by atoms with Crippen molar-refractivity contribution in [1.82, 2.24) is 9.29 Å². The minimum absolute atomic E-state index is 0.161. The van der Waals surface area contributed by atoms with Crippen LogP contribution >= 0.6 is 11.3 Å². The molecule has 0 unspecified atom stereocenters. The monoisotopic (exact) mass is 497 g/mol. The number of hydrogen-bond donors (Lipinski definition) is 1. The van der Waals surface area contributed by atoms with Crippen LogP contribution in [0, 0.1) is 0 Å². The van der Waals surface area contributed by atoms with Crippen LogP contribution in [-0.4, -0.2) is 42.3 Å². The Morgan fingerprint density at radius 3 is 2.41 bits per heavy atom. The smallest absolute Gasteiger partial charge is 0.264 e. The summed E-state index contributed by atoms with van der Waals surface area (Å²) in [5, 5.41) is 5.26.